The van der Waals surface area contributed by atoms with E-state index >= 15 is 0 Å². The van der Waals surface area contributed by atoms with Crippen molar-refractivity contribution in [1.82, 2.24) is 15.3 Å². The van der Waals surface area contributed by atoms with Crippen LogP contribution in [-0.2, 0) is 16.1 Å². The summed E-state index contributed by atoms with van der Waals surface area (Å²) >= 11 is 1.61. The summed E-state index contributed by atoms with van der Waals surface area (Å²) in [6.45, 7) is 0.344. The third-order valence-corrected chi connectivity index (χ3v) is 5.52. The van der Waals surface area contributed by atoms with Crippen LogP contribution >= 0.6 is 11.3 Å². The molecular weight excluding hydrogens is 310 g/mol. The molecule has 1 N–H and O–H groups in total. The standard InChI is InChI=1S/C17H17N3O2S/c1-19-15-13(14(18-19)12-8-5-9-23-12)16(21)20(17(15)22)10-11-6-3-2-4-7-11/h2-9,13-15,18H,10H2,1H3. The minimum Gasteiger partial charge on any atom is -0.276 e. The molecule has 0 saturated carbocycles. The van der Waals surface area contributed by atoms with Gasteiger partial charge in [-0.05, 0) is 17.0 Å². The van der Waals surface area contributed by atoms with Crippen LogP contribution in [0.4, 0.5) is 0 Å². The van der Waals surface area contributed by atoms with Gasteiger partial charge in [0.05, 0.1) is 18.5 Å². The van der Waals surface area contributed by atoms with Crippen molar-refractivity contribution in [3.63, 3.8) is 0 Å². The lowest BCUT2D eigenvalue weighted by Gasteiger charge is -2.21. The Kier molecular flexibility index (Phi) is 3.52. The Morgan fingerprint density at radius 2 is 1.87 bits per heavy atom. The number of likely N-dealkylation sites (N-methyl/N-ethyl adjacent to an activating group) is 1. The highest BCUT2D eigenvalue weighted by molar-refractivity contribution is 7.10. The van der Waals surface area contributed by atoms with Crippen molar-refractivity contribution in [2.75, 3.05) is 7.05 Å². The molecule has 0 spiro atoms. The van der Waals surface area contributed by atoms with E-state index in [9.17, 15) is 9.59 Å². The number of carbonyl (C=O) groups excluding carboxylic acids is 2. The first-order chi connectivity index (χ1) is 11.2. The second-order valence-corrected chi connectivity index (χ2v) is 6.93. The maximum absolute atomic E-state index is 12.9. The topological polar surface area (TPSA) is 52.7 Å². The van der Waals surface area contributed by atoms with Gasteiger partial charge in [-0.15, -0.1) is 11.3 Å². The normalized spacial score (nSPS) is 27.7. The largest absolute Gasteiger partial charge is 0.276 e. The number of likely N-dealkylation sites (tertiary alicyclic amines) is 1. The highest BCUT2D eigenvalue weighted by atomic mass is 32.1. The van der Waals surface area contributed by atoms with Gasteiger partial charge < -0.3 is 0 Å². The number of benzene rings is 1. The highest BCUT2D eigenvalue weighted by Gasteiger charge is 2.57. The van der Waals surface area contributed by atoms with Crippen LogP contribution in [0.3, 0.4) is 0 Å². The maximum atomic E-state index is 12.9. The van der Waals surface area contributed by atoms with Crippen LogP contribution in [-0.4, -0.2) is 34.8 Å². The molecule has 2 aliphatic heterocycles. The van der Waals surface area contributed by atoms with Gasteiger partial charge in [0.15, 0.2) is 0 Å². The van der Waals surface area contributed by atoms with Crippen molar-refractivity contribution < 1.29 is 9.59 Å². The van der Waals surface area contributed by atoms with Gasteiger partial charge in [0, 0.05) is 11.9 Å². The molecule has 2 aliphatic rings. The van der Waals surface area contributed by atoms with E-state index in [1.165, 1.54) is 4.90 Å². The first-order valence-electron chi connectivity index (χ1n) is 7.58. The highest BCUT2D eigenvalue weighted by Crippen LogP contribution is 2.41. The summed E-state index contributed by atoms with van der Waals surface area (Å²) in [5, 5.41) is 3.79. The molecule has 6 heteroatoms. The Bertz CT molecular complexity index is 732. The smallest absolute Gasteiger partial charge is 0.249 e. The number of thiophene rings is 1. The minimum atomic E-state index is -0.418. The SMILES string of the molecule is CN1NC(c2cccs2)C2C(=O)N(Cc3ccccc3)C(=O)C21. The summed E-state index contributed by atoms with van der Waals surface area (Å²) in [7, 11) is 1.84. The summed E-state index contributed by atoms with van der Waals surface area (Å²) in [6.07, 6.45) is 0. The predicted molar refractivity (Wildman–Crippen MR) is 87.2 cm³/mol. The minimum absolute atomic E-state index is 0.0842. The number of fused-ring (bicyclic) bond motifs is 1. The van der Waals surface area contributed by atoms with E-state index in [0.717, 1.165) is 10.4 Å². The van der Waals surface area contributed by atoms with Gasteiger partial charge in [-0.3, -0.25) is 14.5 Å². The predicted octanol–water partition coefficient (Wildman–Crippen LogP) is 1.79. The number of carbonyl (C=O) groups is 2. The third-order valence-electron chi connectivity index (χ3n) is 4.56. The number of nitrogens with zero attached hydrogens (tertiary/aromatic N) is 2. The monoisotopic (exact) mass is 327 g/mol. The van der Waals surface area contributed by atoms with Gasteiger partial charge in [-0.2, -0.15) is 0 Å². The Hall–Kier alpha value is -2.02. The van der Waals surface area contributed by atoms with E-state index in [1.807, 2.05) is 54.9 Å². The van der Waals surface area contributed by atoms with E-state index in [4.69, 9.17) is 0 Å². The van der Waals surface area contributed by atoms with Gasteiger partial charge in [0.1, 0.15) is 6.04 Å². The molecule has 2 fully saturated rings. The van der Waals surface area contributed by atoms with E-state index in [0.29, 0.717) is 6.54 Å². The molecule has 3 heterocycles. The number of nitrogens with one attached hydrogen (secondary N) is 1. The number of amides is 2. The molecule has 1 aromatic heterocycles. The van der Waals surface area contributed by atoms with Gasteiger partial charge in [-0.25, -0.2) is 10.4 Å². The van der Waals surface area contributed by atoms with Crippen LogP contribution in [0.5, 0.6) is 0 Å². The van der Waals surface area contributed by atoms with Crippen molar-refractivity contribution in [2.24, 2.45) is 5.92 Å². The van der Waals surface area contributed by atoms with Crippen LogP contribution < -0.4 is 5.43 Å². The fraction of sp³-hybridized carbons (Fsp3) is 0.294. The van der Waals surface area contributed by atoms with Crippen molar-refractivity contribution in [2.45, 2.75) is 18.6 Å². The molecule has 1 aromatic carbocycles. The molecule has 0 bridgehead atoms. The van der Waals surface area contributed by atoms with Crippen molar-refractivity contribution in [1.29, 1.82) is 0 Å². The zero-order chi connectivity index (χ0) is 16.0. The third kappa shape index (κ3) is 2.30. The Morgan fingerprint density at radius 1 is 1.09 bits per heavy atom. The van der Waals surface area contributed by atoms with Crippen LogP contribution in [0, 0.1) is 5.92 Å². The molecule has 118 valence electrons. The Morgan fingerprint density at radius 3 is 2.57 bits per heavy atom. The fourth-order valence-electron chi connectivity index (χ4n) is 3.48. The molecular formula is C17H17N3O2S. The van der Waals surface area contributed by atoms with Crippen LogP contribution in [0.25, 0.3) is 0 Å². The Balaban J connectivity index is 1.64. The second-order valence-electron chi connectivity index (χ2n) is 5.95. The van der Waals surface area contributed by atoms with Crippen molar-refractivity contribution in [3.05, 3.63) is 58.3 Å². The van der Waals surface area contributed by atoms with E-state index in [1.54, 1.807) is 16.3 Å². The average molecular weight is 327 g/mol. The molecule has 23 heavy (non-hydrogen) atoms. The first-order valence-corrected chi connectivity index (χ1v) is 8.46. The maximum Gasteiger partial charge on any atom is 0.249 e. The number of imide groups is 1. The number of rotatable bonds is 3. The summed E-state index contributed by atoms with van der Waals surface area (Å²) < 4.78 is 0. The molecule has 3 unspecified atom stereocenters. The molecule has 2 aromatic rings. The molecule has 2 amide bonds. The lowest BCUT2D eigenvalue weighted by molar-refractivity contribution is -0.142. The van der Waals surface area contributed by atoms with Crippen molar-refractivity contribution >= 4 is 23.2 Å². The summed E-state index contributed by atoms with van der Waals surface area (Å²) in [4.78, 5) is 28.1. The molecule has 3 atom stereocenters. The lowest BCUT2D eigenvalue weighted by atomic mass is 9.95. The summed E-state index contributed by atoms with van der Waals surface area (Å²) in [5.41, 5.74) is 4.25. The van der Waals surface area contributed by atoms with Crippen LogP contribution in [0.2, 0.25) is 0 Å². The molecule has 4 rings (SSSR count). The number of hydrogen-bond acceptors (Lipinski definition) is 5. The van der Waals surface area contributed by atoms with Crippen molar-refractivity contribution in [3.8, 4) is 0 Å². The first kappa shape index (κ1) is 14.6. The zero-order valence-corrected chi connectivity index (χ0v) is 13.5. The van der Waals surface area contributed by atoms with E-state index in [2.05, 4.69) is 5.43 Å². The van der Waals surface area contributed by atoms with Crippen LogP contribution in [0.15, 0.2) is 47.8 Å². The lowest BCUT2D eigenvalue weighted by Crippen LogP contribution is -2.42. The molecule has 2 saturated heterocycles. The molecule has 0 radical (unpaired) electrons. The average Bonchev–Trinajstić information content (AvgIpc) is 3.24. The molecule has 5 nitrogen and oxygen atoms in total. The van der Waals surface area contributed by atoms with Gasteiger partial charge in [0.25, 0.3) is 0 Å². The summed E-state index contributed by atoms with van der Waals surface area (Å²) in [6, 6.07) is 13.1. The van der Waals surface area contributed by atoms with E-state index in [-0.39, 0.29) is 23.8 Å². The van der Waals surface area contributed by atoms with Gasteiger partial charge in [-0.1, -0.05) is 36.4 Å². The Labute approximate surface area is 138 Å². The van der Waals surface area contributed by atoms with Gasteiger partial charge in [0.2, 0.25) is 11.8 Å². The number of hydrogen-bond donors (Lipinski definition) is 1. The molecule has 0 aliphatic carbocycles. The quantitative estimate of drug-likeness (QED) is 0.874. The summed E-state index contributed by atoms with van der Waals surface area (Å²) in [5.74, 6) is -0.549. The zero-order valence-electron chi connectivity index (χ0n) is 12.7. The second kappa shape index (κ2) is 5.56. The fourth-order valence-corrected chi connectivity index (χ4v) is 4.30. The van der Waals surface area contributed by atoms with Gasteiger partial charge >= 0.3 is 0 Å². The number of hydrazine groups is 1. The van der Waals surface area contributed by atoms with E-state index < -0.39 is 6.04 Å². The van der Waals surface area contributed by atoms with Crippen LogP contribution in [0.1, 0.15) is 16.5 Å².